The van der Waals surface area contributed by atoms with Crippen molar-refractivity contribution in [1.82, 2.24) is 4.90 Å². The maximum atomic E-state index is 12.3. The number of ketones is 1. The Bertz CT molecular complexity index is 579. The Morgan fingerprint density at radius 3 is 2.19 bits per heavy atom. The van der Waals surface area contributed by atoms with Crippen LogP contribution in [0, 0.1) is 5.92 Å². The van der Waals surface area contributed by atoms with Crippen molar-refractivity contribution in [2.75, 3.05) is 31.1 Å². The third-order valence-electron chi connectivity index (χ3n) is 3.56. The molecule has 21 heavy (non-hydrogen) atoms. The first kappa shape index (κ1) is 17.9. The molecule has 1 heterocycles. The number of halogens is 1. The molecule has 0 spiro atoms. The maximum absolute atomic E-state index is 12.3. The molecule has 1 aromatic carbocycles. The highest BCUT2D eigenvalue weighted by Crippen LogP contribution is 2.22. The molecule has 1 aliphatic heterocycles. The number of likely N-dealkylation sites (tertiary alicyclic amines) is 1. The molecule has 2 rings (SSSR count). The molecular formula is C14H21ClN2O3S. The normalized spacial score (nSPS) is 17.0. The van der Waals surface area contributed by atoms with Crippen molar-refractivity contribution in [3.05, 3.63) is 29.8 Å². The number of sulfonamides is 1. The lowest BCUT2D eigenvalue weighted by molar-refractivity contribution is 0.0857. The average Bonchev–Trinajstić information content (AvgIpc) is 2.38. The van der Waals surface area contributed by atoms with Gasteiger partial charge in [0.05, 0.1) is 6.26 Å². The molecule has 1 aromatic rings. The molecule has 1 N–H and O–H groups in total. The van der Waals surface area contributed by atoms with E-state index < -0.39 is 10.0 Å². The maximum Gasteiger partial charge on any atom is 0.229 e. The van der Waals surface area contributed by atoms with Crippen LogP contribution >= 0.6 is 12.4 Å². The van der Waals surface area contributed by atoms with Gasteiger partial charge in [0.25, 0.3) is 0 Å². The van der Waals surface area contributed by atoms with Gasteiger partial charge in [0.15, 0.2) is 5.78 Å². The summed E-state index contributed by atoms with van der Waals surface area (Å²) >= 11 is 0. The summed E-state index contributed by atoms with van der Waals surface area (Å²) in [6.07, 6.45) is 2.88. The number of nitrogens with zero attached hydrogens (tertiary/aromatic N) is 1. The van der Waals surface area contributed by atoms with Crippen molar-refractivity contribution in [1.29, 1.82) is 0 Å². The highest BCUT2D eigenvalue weighted by molar-refractivity contribution is 7.92. The van der Waals surface area contributed by atoms with Crippen molar-refractivity contribution in [3.8, 4) is 0 Å². The summed E-state index contributed by atoms with van der Waals surface area (Å²) in [5.41, 5.74) is 1.13. The zero-order chi connectivity index (χ0) is 14.8. The highest BCUT2D eigenvalue weighted by atomic mass is 35.5. The van der Waals surface area contributed by atoms with Gasteiger partial charge in [-0.25, -0.2) is 8.42 Å². The fraction of sp³-hybridized carbons (Fsp3) is 0.500. The fourth-order valence-corrected chi connectivity index (χ4v) is 2.99. The first-order valence-corrected chi connectivity index (χ1v) is 8.55. The van der Waals surface area contributed by atoms with E-state index in [-0.39, 0.29) is 24.1 Å². The molecule has 0 aliphatic carbocycles. The molecule has 118 valence electrons. The quantitative estimate of drug-likeness (QED) is 0.856. The molecule has 0 atom stereocenters. The SMILES string of the molecule is CN1CCC(C(=O)c2ccc(NS(C)(=O)=O)cc2)CC1.Cl. The predicted octanol–water partition coefficient (Wildman–Crippen LogP) is 2.00. The second kappa shape index (κ2) is 7.24. The lowest BCUT2D eigenvalue weighted by Crippen LogP contribution is -2.33. The molecule has 0 saturated carbocycles. The number of carbonyl (C=O) groups is 1. The molecular weight excluding hydrogens is 312 g/mol. The Morgan fingerprint density at radius 2 is 1.71 bits per heavy atom. The standard InChI is InChI=1S/C14H20N2O3S.ClH/c1-16-9-7-12(8-10-16)14(17)11-3-5-13(6-4-11)15-20(2,18)19;/h3-6,12,15H,7-10H2,1-2H3;1H. The van der Waals surface area contributed by atoms with Crippen LogP contribution in [0.1, 0.15) is 23.2 Å². The summed E-state index contributed by atoms with van der Waals surface area (Å²) in [7, 11) is -1.22. The number of benzene rings is 1. The Labute approximate surface area is 132 Å². The van der Waals surface area contributed by atoms with Crippen molar-refractivity contribution < 1.29 is 13.2 Å². The third-order valence-corrected chi connectivity index (χ3v) is 4.17. The fourth-order valence-electron chi connectivity index (χ4n) is 2.42. The molecule has 0 aromatic heterocycles. The molecule has 0 unspecified atom stereocenters. The van der Waals surface area contributed by atoms with E-state index in [0.717, 1.165) is 32.2 Å². The summed E-state index contributed by atoms with van der Waals surface area (Å²) in [5, 5.41) is 0. The molecule has 1 fully saturated rings. The molecule has 7 heteroatoms. The second-order valence-electron chi connectivity index (χ2n) is 5.39. The Balaban J connectivity index is 0.00000220. The van der Waals surface area contributed by atoms with Gasteiger partial charge in [0, 0.05) is 17.2 Å². The van der Waals surface area contributed by atoms with Crippen molar-refractivity contribution in [3.63, 3.8) is 0 Å². The van der Waals surface area contributed by atoms with E-state index in [1.807, 2.05) is 0 Å². The van der Waals surface area contributed by atoms with Crippen LogP contribution in [-0.4, -0.2) is 45.5 Å². The zero-order valence-electron chi connectivity index (χ0n) is 12.2. The number of rotatable bonds is 4. The number of Topliss-reactive ketones (excluding diaryl/α,β-unsaturated/α-hetero) is 1. The van der Waals surface area contributed by atoms with E-state index in [0.29, 0.717) is 11.3 Å². The predicted molar refractivity (Wildman–Crippen MR) is 86.7 cm³/mol. The van der Waals surface area contributed by atoms with Crippen LogP contribution in [0.4, 0.5) is 5.69 Å². The van der Waals surface area contributed by atoms with Gasteiger partial charge in [-0.15, -0.1) is 12.4 Å². The van der Waals surface area contributed by atoms with E-state index in [1.165, 1.54) is 0 Å². The smallest absolute Gasteiger partial charge is 0.229 e. The summed E-state index contributed by atoms with van der Waals surface area (Å²) in [6.45, 7) is 1.90. The summed E-state index contributed by atoms with van der Waals surface area (Å²) in [4.78, 5) is 14.6. The van der Waals surface area contributed by atoms with Gasteiger partial charge < -0.3 is 4.90 Å². The molecule has 0 radical (unpaired) electrons. The summed E-state index contributed by atoms with van der Waals surface area (Å²) in [6, 6.07) is 6.63. The first-order chi connectivity index (χ1) is 9.35. The average molecular weight is 333 g/mol. The Hall–Kier alpha value is -1.11. The number of hydrogen-bond donors (Lipinski definition) is 1. The largest absolute Gasteiger partial charge is 0.306 e. The van der Waals surface area contributed by atoms with Gasteiger partial charge >= 0.3 is 0 Å². The van der Waals surface area contributed by atoms with E-state index in [4.69, 9.17) is 0 Å². The second-order valence-corrected chi connectivity index (χ2v) is 7.14. The van der Waals surface area contributed by atoms with Gasteiger partial charge in [0.2, 0.25) is 10.0 Å². The van der Waals surface area contributed by atoms with Crippen LogP contribution in [0.25, 0.3) is 0 Å². The van der Waals surface area contributed by atoms with Crippen LogP contribution in [0.2, 0.25) is 0 Å². The van der Waals surface area contributed by atoms with Gasteiger partial charge in [-0.3, -0.25) is 9.52 Å². The van der Waals surface area contributed by atoms with Crippen LogP contribution in [0.15, 0.2) is 24.3 Å². The van der Waals surface area contributed by atoms with Crippen molar-refractivity contribution in [2.24, 2.45) is 5.92 Å². The number of anilines is 1. The minimum Gasteiger partial charge on any atom is -0.306 e. The third kappa shape index (κ3) is 5.30. The van der Waals surface area contributed by atoms with Crippen LogP contribution in [0.5, 0.6) is 0 Å². The van der Waals surface area contributed by atoms with Crippen LogP contribution in [0.3, 0.4) is 0 Å². The van der Waals surface area contributed by atoms with Gasteiger partial charge in [-0.05, 0) is 57.2 Å². The van der Waals surface area contributed by atoms with Crippen molar-refractivity contribution in [2.45, 2.75) is 12.8 Å². The number of nitrogens with one attached hydrogen (secondary N) is 1. The number of carbonyl (C=O) groups excluding carboxylic acids is 1. The van der Waals surface area contributed by atoms with E-state index in [9.17, 15) is 13.2 Å². The Kier molecular flexibility index (Phi) is 6.19. The Morgan fingerprint density at radius 1 is 1.19 bits per heavy atom. The molecule has 5 nitrogen and oxygen atoms in total. The van der Waals surface area contributed by atoms with Gasteiger partial charge in [-0.1, -0.05) is 0 Å². The molecule has 1 aliphatic rings. The van der Waals surface area contributed by atoms with Gasteiger partial charge in [-0.2, -0.15) is 0 Å². The lowest BCUT2D eigenvalue weighted by Gasteiger charge is -2.28. The van der Waals surface area contributed by atoms with E-state index in [2.05, 4.69) is 16.7 Å². The van der Waals surface area contributed by atoms with Crippen molar-refractivity contribution >= 4 is 33.9 Å². The molecule has 0 amide bonds. The summed E-state index contributed by atoms with van der Waals surface area (Å²) < 4.78 is 24.6. The lowest BCUT2D eigenvalue weighted by atomic mass is 9.89. The van der Waals surface area contributed by atoms with E-state index in [1.54, 1.807) is 24.3 Å². The minimum atomic E-state index is -3.28. The van der Waals surface area contributed by atoms with Crippen LogP contribution in [-0.2, 0) is 10.0 Å². The van der Waals surface area contributed by atoms with Gasteiger partial charge in [0.1, 0.15) is 0 Å². The highest BCUT2D eigenvalue weighted by Gasteiger charge is 2.24. The number of piperidine rings is 1. The minimum absolute atomic E-state index is 0. The van der Waals surface area contributed by atoms with Crippen LogP contribution < -0.4 is 4.72 Å². The summed E-state index contributed by atoms with van der Waals surface area (Å²) in [5.74, 6) is 0.240. The molecule has 0 bridgehead atoms. The first-order valence-electron chi connectivity index (χ1n) is 6.66. The monoisotopic (exact) mass is 332 g/mol. The number of hydrogen-bond acceptors (Lipinski definition) is 4. The topological polar surface area (TPSA) is 66.5 Å². The van der Waals surface area contributed by atoms with E-state index >= 15 is 0 Å². The molecule has 1 saturated heterocycles. The zero-order valence-corrected chi connectivity index (χ0v) is 13.8.